The second-order valence-electron chi connectivity index (χ2n) is 0. The van der Waals surface area contributed by atoms with Gasteiger partial charge in [0.2, 0.25) is 0 Å². The summed E-state index contributed by atoms with van der Waals surface area (Å²) in [5.74, 6) is 0. The first-order chi connectivity index (χ1) is 0. The second-order valence-corrected chi connectivity index (χ2v) is 0. The van der Waals surface area contributed by atoms with Crippen LogP contribution in [0.4, 0.5) is 0 Å². The van der Waals surface area contributed by atoms with E-state index in [0.29, 0.717) is 0 Å². The van der Waals surface area contributed by atoms with E-state index in [-0.39, 0.29) is 130 Å². The maximum atomic E-state index is 0. The largest absolute Gasteiger partial charge is 2.00 e. The minimum Gasteiger partial charge on any atom is -1.00 e. The van der Waals surface area contributed by atoms with Crippen molar-refractivity contribution in [2.45, 2.75) is 0 Å². The van der Waals surface area contributed by atoms with Gasteiger partial charge in [0.25, 0.3) is 0 Å². The van der Waals surface area contributed by atoms with Crippen molar-refractivity contribution in [2.75, 3.05) is 0 Å². The van der Waals surface area contributed by atoms with E-state index < -0.39 is 0 Å². The molecule has 2 N–H and O–H groups in total. The normalized spacial score (nSPS) is 0. The summed E-state index contributed by atoms with van der Waals surface area (Å²) < 4.78 is 0. The molecule has 0 radical (unpaired) electrons. The van der Waals surface area contributed by atoms with Crippen LogP contribution in [0.15, 0.2) is 0 Å². The Kier molecular flexibility index (Phi) is 98.2. The molecule has 0 heterocycles. The maximum absolute atomic E-state index is 0. The fraction of sp³-hybridized carbons (Fsp3) is 0. The molecule has 0 atom stereocenters. The van der Waals surface area contributed by atoms with Crippen LogP contribution in [-0.2, 0) is 0 Å². The van der Waals surface area contributed by atoms with Crippen molar-refractivity contribution in [3.63, 3.8) is 0 Å². The van der Waals surface area contributed by atoms with E-state index in [1.165, 1.54) is 0 Å². The molecule has 0 aliphatic rings. The quantitative estimate of drug-likeness (QED) is 0.288. The monoisotopic (exact) mass is 124 g/mol. The topological polar surface area (TPSA) is 31.5 Å². The van der Waals surface area contributed by atoms with Crippen LogP contribution < -0.4 is 80.9 Å². The zero-order valence-electron chi connectivity index (χ0n) is 7.21. The molecule has 1 nitrogen and oxygen atoms in total. The Morgan fingerprint density at radius 1 is 1.25 bits per heavy atom. The summed E-state index contributed by atoms with van der Waals surface area (Å²) in [7, 11) is 0. The SMILES string of the molecule is O.[Ca+2].[H-].[H-].[H-].[H-].[K+].[Na+]. The van der Waals surface area contributed by atoms with Gasteiger partial charge < -0.3 is 11.2 Å². The number of rotatable bonds is 0. The van der Waals surface area contributed by atoms with Crippen molar-refractivity contribution in [3.05, 3.63) is 0 Å². The van der Waals surface area contributed by atoms with Gasteiger partial charge in [0.1, 0.15) is 0 Å². The Hall–Kier alpha value is 3.86. The maximum Gasteiger partial charge on any atom is 2.00 e. The molecule has 4 heavy (non-hydrogen) atoms. The van der Waals surface area contributed by atoms with E-state index in [9.17, 15) is 0 Å². The van der Waals surface area contributed by atoms with E-state index in [1.807, 2.05) is 0 Å². The van der Waals surface area contributed by atoms with E-state index in [0.717, 1.165) is 0 Å². The predicted octanol–water partition coefficient (Wildman–Crippen LogP) is -6.75. The summed E-state index contributed by atoms with van der Waals surface area (Å²) in [6.07, 6.45) is 0. The molecule has 4 heteroatoms. The first-order valence-electron chi connectivity index (χ1n) is 0. The summed E-state index contributed by atoms with van der Waals surface area (Å²) in [6.45, 7) is 0. The fourth-order valence-corrected chi connectivity index (χ4v) is 0. The molecule has 0 aliphatic carbocycles. The van der Waals surface area contributed by atoms with Gasteiger partial charge in [-0.05, 0) is 0 Å². The summed E-state index contributed by atoms with van der Waals surface area (Å²) in [6, 6.07) is 0. The van der Waals surface area contributed by atoms with Gasteiger partial charge in [-0.1, -0.05) is 0 Å². The molecule has 0 aromatic heterocycles. The average molecular weight is 124 g/mol. The third-order valence-electron chi connectivity index (χ3n) is 0. The molecule has 0 saturated carbocycles. The smallest absolute Gasteiger partial charge is 1.00 e. The van der Waals surface area contributed by atoms with Crippen molar-refractivity contribution in [3.8, 4) is 0 Å². The summed E-state index contributed by atoms with van der Waals surface area (Å²) >= 11 is 0. The van der Waals surface area contributed by atoms with Crippen molar-refractivity contribution >= 4 is 37.7 Å². The Bertz CT molecular complexity index is 16.0. The molecule has 0 amide bonds. The van der Waals surface area contributed by atoms with Crippen LogP contribution in [0.1, 0.15) is 5.71 Å². The van der Waals surface area contributed by atoms with Crippen molar-refractivity contribution in [1.29, 1.82) is 0 Å². The molecule has 0 unspecified atom stereocenters. The Labute approximate surface area is 126 Å². The van der Waals surface area contributed by atoms with Crippen molar-refractivity contribution in [2.24, 2.45) is 0 Å². The third-order valence-corrected chi connectivity index (χ3v) is 0. The van der Waals surface area contributed by atoms with E-state index in [1.54, 1.807) is 0 Å². The van der Waals surface area contributed by atoms with Crippen LogP contribution in [-0.4, -0.2) is 43.2 Å². The Balaban J connectivity index is 0. The minimum absolute atomic E-state index is 0. The van der Waals surface area contributed by atoms with Crippen LogP contribution in [0, 0.1) is 0 Å². The molecule has 16 valence electrons. The molecular weight excluding hydrogens is 118 g/mol. The van der Waals surface area contributed by atoms with Gasteiger partial charge in [0.15, 0.2) is 0 Å². The van der Waals surface area contributed by atoms with Gasteiger partial charge in [-0.3, -0.25) is 0 Å². The standard InChI is InChI=1S/Ca.K.Na.H2O.4H/h;;;1H2;;;;/q+2;2*+1;;4*-1. The molecule has 0 aromatic carbocycles. The second kappa shape index (κ2) is 15.8. The fourth-order valence-electron chi connectivity index (χ4n) is 0. The van der Waals surface area contributed by atoms with Crippen molar-refractivity contribution < 1.29 is 92.1 Å². The zero-order valence-corrected chi connectivity index (χ0v) is 10.5. The third kappa shape index (κ3) is 9.29. The molecule has 0 fully saturated rings. The van der Waals surface area contributed by atoms with E-state index in [2.05, 4.69) is 0 Å². The molecule has 0 aromatic rings. The zero-order chi connectivity index (χ0) is 0. The minimum atomic E-state index is 0. The van der Waals surface area contributed by atoms with Crippen LogP contribution in [0.2, 0.25) is 0 Å². The van der Waals surface area contributed by atoms with Crippen LogP contribution in [0.25, 0.3) is 0 Å². The van der Waals surface area contributed by atoms with Gasteiger partial charge in [-0.25, -0.2) is 0 Å². The number of hydrogen-bond donors (Lipinski definition) is 0. The first kappa shape index (κ1) is 24.8. The van der Waals surface area contributed by atoms with Gasteiger partial charge in [-0.2, -0.15) is 0 Å². The van der Waals surface area contributed by atoms with E-state index in [4.69, 9.17) is 0 Å². The predicted molar refractivity (Wildman–Crippen MR) is 13.8 cm³/mol. The Morgan fingerprint density at radius 3 is 1.25 bits per heavy atom. The van der Waals surface area contributed by atoms with Crippen LogP contribution in [0.3, 0.4) is 0 Å². The van der Waals surface area contributed by atoms with Crippen LogP contribution >= 0.6 is 0 Å². The molecular formula is H6CaKNaO. The number of hydrogen-bond acceptors (Lipinski definition) is 0. The Morgan fingerprint density at radius 2 is 1.25 bits per heavy atom. The van der Waals surface area contributed by atoms with E-state index >= 15 is 0 Å². The van der Waals surface area contributed by atoms with Gasteiger partial charge in [-0.15, -0.1) is 0 Å². The summed E-state index contributed by atoms with van der Waals surface area (Å²) in [5, 5.41) is 0. The van der Waals surface area contributed by atoms with Gasteiger partial charge in [0, 0.05) is 0 Å². The summed E-state index contributed by atoms with van der Waals surface area (Å²) in [4.78, 5) is 0. The molecule has 0 saturated heterocycles. The molecule has 0 aliphatic heterocycles. The van der Waals surface area contributed by atoms with Crippen molar-refractivity contribution in [1.82, 2.24) is 0 Å². The molecule has 0 spiro atoms. The summed E-state index contributed by atoms with van der Waals surface area (Å²) in [5.41, 5.74) is 0. The van der Waals surface area contributed by atoms with Crippen LogP contribution in [0.5, 0.6) is 0 Å². The molecule has 0 bridgehead atoms. The average Bonchev–Trinajstić information content (AvgIpc) is 0. The van der Waals surface area contributed by atoms with Gasteiger partial charge in [0.05, 0.1) is 0 Å². The molecule has 0 rings (SSSR count). The first-order valence-corrected chi connectivity index (χ1v) is 0. The van der Waals surface area contributed by atoms with Gasteiger partial charge >= 0.3 is 119 Å².